The van der Waals surface area contributed by atoms with Crippen LogP contribution < -0.4 is 5.32 Å². The molecule has 5 nitrogen and oxygen atoms in total. The van der Waals surface area contributed by atoms with Gasteiger partial charge in [-0.25, -0.2) is 0 Å². The number of rotatable bonds is 4. The highest BCUT2D eigenvalue weighted by atomic mass is 16.5. The summed E-state index contributed by atoms with van der Waals surface area (Å²) < 4.78 is 5.52. The van der Waals surface area contributed by atoms with Crippen LogP contribution in [-0.4, -0.2) is 60.4 Å². The van der Waals surface area contributed by atoms with E-state index in [1.165, 1.54) is 0 Å². The van der Waals surface area contributed by atoms with Gasteiger partial charge in [-0.05, 0) is 13.8 Å². The Morgan fingerprint density at radius 2 is 2.41 bits per heavy atom. The molecule has 0 aromatic heterocycles. The second-order valence-corrected chi connectivity index (χ2v) is 4.30. The summed E-state index contributed by atoms with van der Waals surface area (Å²) in [6.07, 6.45) is 4.89. The van der Waals surface area contributed by atoms with Crippen LogP contribution in [0.3, 0.4) is 0 Å². The van der Waals surface area contributed by atoms with Crippen LogP contribution in [0.2, 0.25) is 0 Å². The van der Waals surface area contributed by atoms with Gasteiger partial charge in [0, 0.05) is 13.1 Å². The number of aliphatic hydroxyl groups excluding tert-OH is 1. The van der Waals surface area contributed by atoms with Crippen LogP contribution in [0.4, 0.5) is 0 Å². The Morgan fingerprint density at radius 1 is 1.71 bits per heavy atom. The molecule has 1 aliphatic heterocycles. The van der Waals surface area contributed by atoms with Gasteiger partial charge in [0.1, 0.15) is 0 Å². The maximum atomic E-state index is 11.8. The summed E-state index contributed by atoms with van der Waals surface area (Å²) in [5.41, 5.74) is 0. The summed E-state index contributed by atoms with van der Waals surface area (Å²) in [5.74, 6) is 2.28. The highest BCUT2D eigenvalue weighted by Crippen LogP contribution is 2.13. The number of hydrogen-bond acceptors (Lipinski definition) is 4. The van der Waals surface area contributed by atoms with Gasteiger partial charge in [-0.2, -0.15) is 0 Å². The van der Waals surface area contributed by atoms with Crippen LogP contribution in [0.1, 0.15) is 13.8 Å². The fourth-order valence-corrected chi connectivity index (χ4v) is 1.95. The molecular weight excluding hydrogens is 220 g/mol. The Kier molecular flexibility index (Phi) is 5.42. The highest BCUT2D eigenvalue weighted by Gasteiger charge is 2.30. The van der Waals surface area contributed by atoms with Crippen molar-refractivity contribution in [3.8, 4) is 12.3 Å². The second kappa shape index (κ2) is 6.60. The van der Waals surface area contributed by atoms with Crippen LogP contribution in [0, 0.1) is 12.3 Å². The van der Waals surface area contributed by atoms with Crippen LogP contribution in [0.25, 0.3) is 0 Å². The first-order chi connectivity index (χ1) is 8.08. The molecule has 0 spiro atoms. The van der Waals surface area contributed by atoms with Crippen molar-refractivity contribution in [2.75, 3.05) is 26.2 Å². The molecule has 3 atom stereocenters. The van der Waals surface area contributed by atoms with E-state index < -0.39 is 0 Å². The molecule has 3 unspecified atom stereocenters. The summed E-state index contributed by atoms with van der Waals surface area (Å²) in [5, 5.41) is 11.8. The summed E-state index contributed by atoms with van der Waals surface area (Å²) >= 11 is 0. The van der Waals surface area contributed by atoms with Crippen molar-refractivity contribution in [3.63, 3.8) is 0 Å². The van der Waals surface area contributed by atoms with Crippen molar-refractivity contribution < 1.29 is 14.6 Å². The van der Waals surface area contributed by atoms with Gasteiger partial charge in [-0.1, -0.05) is 5.92 Å². The fourth-order valence-electron chi connectivity index (χ4n) is 1.95. The number of nitrogens with one attached hydrogen (secondary N) is 1. The summed E-state index contributed by atoms with van der Waals surface area (Å²) in [4.78, 5) is 13.8. The lowest BCUT2D eigenvalue weighted by Gasteiger charge is -2.38. The van der Waals surface area contributed by atoms with E-state index in [1.54, 1.807) is 0 Å². The molecular formula is C12H20N2O3. The molecule has 17 heavy (non-hydrogen) atoms. The third-order valence-electron chi connectivity index (χ3n) is 2.85. The molecule has 0 saturated carbocycles. The number of terminal acetylenes is 1. The first-order valence-electron chi connectivity index (χ1n) is 5.80. The van der Waals surface area contributed by atoms with Gasteiger partial charge in [0.15, 0.2) is 0 Å². The Labute approximate surface area is 102 Å². The minimum Gasteiger partial charge on any atom is -0.394 e. The summed E-state index contributed by atoms with van der Waals surface area (Å²) in [6.45, 7) is 5.22. The minimum absolute atomic E-state index is 0.0174. The van der Waals surface area contributed by atoms with Crippen molar-refractivity contribution >= 4 is 5.91 Å². The lowest BCUT2D eigenvalue weighted by molar-refractivity contribution is -0.135. The van der Waals surface area contributed by atoms with Gasteiger partial charge in [-0.3, -0.25) is 9.69 Å². The van der Waals surface area contributed by atoms with Crippen molar-refractivity contribution in [2.45, 2.75) is 32.1 Å². The van der Waals surface area contributed by atoms with E-state index in [-0.39, 0.29) is 37.3 Å². The monoisotopic (exact) mass is 240 g/mol. The zero-order chi connectivity index (χ0) is 12.8. The Balaban J connectivity index is 2.53. The maximum Gasteiger partial charge on any atom is 0.237 e. The summed E-state index contributed by atoms with van der Waals surface area (Å²) in [6, 6.07) is -0.260. The van der Waals surface area contributed by atoms with E-state index in [2.05, 4.69) is 11.2 Å². The van der Waals surface area contributed by atoms with Gasteiger partial charge in [0.2, 0.25) is 5.91 Å². The number of carbonyl (C=O) groups is 1. The second-order valence-electron chi connectivity index (χ2n) is 4.30. The number of morpholine rings is 1. The van der Waals surface area contributed by atoms with Crippen LogP contribution in [-0.2, 0) is 9.53 Å². The molecule has 96 valence electrons. The quantitative estimate of drug-likeness (QED) is 0.632. The van der Waals surface area contributed by atoms with Crippen molar-refractivity contribution in [1.82, 2.24) is 10.2 Å². The van der Waals surface area contributed by atoms with Gasteiger partial charge in [-0.15, -0.1) is 6.42 Å². The number of nitrogens with zero attached hydrogens (tertiary/aromatic N) is 1. The van der Waals surface area contributed by atoms with E-state index >= 15 is 0 Å². The Bertz CT molecular complexity index is 301. The minimum atomic E-state index is -0.260. The Hall–Kier alpha value is -1.09. The molecule has 0 bridgehead atoms. The predicted octanol–water partition coefficient (Wildman–Crippen LogP) is -0.794. The standard InChI is InChI=1S/C12H20N2O3/c1-4-5-13-12(16)10(3)14-6-9(2)17-11(7-14)8-15/h1,9-11,15H,5-8H2,2-3H3,(H,13,16). The number of hydrogen-bond donors (Lipinski definition) is 2. The third-order valence-corrected chi connectivity index (χ3v) is 2.85. The van der Waals surface area contributed by atoms with E-state index in [9.17, 15) is 4.79 Å². The molecule has 0 aromatic rings. The molecule has 1 amide bonds. The molecule has 0 radical (unpaired) electrons. The number of carbonyl (C=O) groups excluding carboxylic acids is 1. The normalized spacial score (nSPS) is 27.2. The third kappa shape index (κ3) is 4.00. The molecule has 5 heteroatoms. The van der Waals surface area contributed by atoms with Crippen LogP contribution >= 0.6 is 0 Å². The number of aliphatic hydroxyl groups is 1. The molecule has 1 rings (SSSR count). The summed E-state index contributed by atoms with van der Waals surface area (Å²) in [7, 11) is 0. The van der Waals surface area contributed by atoms with Crippen molar-refractivity contribution in [3.05, 3.63) is 0 Å². The molecule has 1 aliphatic rings. The van der Waals surface area contributed by atoms with Crippen LogP contribution in [0.15, 0.2) is 0 Å². The van der Waals surface area contributed by atoms with Crippen molar-refractivity contribution in [2.24, 2.45) is 0 Å². The van der Waals surface area contributed by atoms with E-state index in [4.69, 9.17) is 16.3 Å². The van der Waals surface area contributed by atoms with Gasteiger partial charge in [0.05, 0.1) is 31.4 Å². The molecule has 0 aromatic carbocycles. The SMILES string of the molecule is C#CCNC(=O)C(C)N1CC(C)OC(CO)C1. The van der Waals surface area contributed by atoms with Crippen molar-refractivity contribution in [1.29, 1.82) is 0 Å². The lowest BCUT2D eigenvalue weighted by Crippen LogP contribution is -2.55. The molecule has 0 aliphatic carbocycles. The topological polar surface area (TPSA) is 61.8 Å². The Morgan fingerprint density at radius 3 is 3.00 bits per heavy atom. The van der Waals surface area contributed by atoms with Gasteiger partial charge < -0.3 is 15.2 Å². The lowest BCUT2D eigenvalue weighted by atomic mass is 10.1. The van der Waals surface area contributed by atoms with E-state index in [0.717, 1.165) is 0 Å². The van der Waals surface area contributed by atoms with Gasteiger partial charge in [0.25, 0.3) is 0 Å². The maximum absolute atomic E-state index is 11.8. The average Bonchev–Trinajstić information content (AvgIpc) is 2.34. The average molecular weight is 240 g/mol. The number of ether oxygens (including phenoxy) is 1. The molecule has 2 N–H and O–H groups in total. The zero-order valence-electron chi connectivity index (χ0n) is 10.3. The van der Waals surface area contributed by atoms with Crippen LogP contribution in [0.5, 0.6) is 0 Å². The smallest absolute Gasteiger partial charge is 0.237 e. The predicted molar refractivity (Wildman–Crippen MR) is 64.3 cm³/mol. The molecule has 1 heterocycles. The highest BCUT2D eigenvalue weighted by molar-refractivity contribution is 5.81. The zero-order valence-corrected chi connectivity index (χ0v) is 10.3. The molecule has 1 fully saturated rings. The molecule has 1 saturated heterocycles. The van der Waals surface area contributed by atoms with Gasteiger partial charge >= 0.3 is 0 Å². The van der Waals surface area contributed by atoms with E-state index in [0.29, 0.717) is 13.1 Å². The largest absolute Gasteiger partial charge is 0.394 e. The number of amides is 1. The fraction of sp³-hybridized carbons (Fsp3) is 0.750. The first kappa shape index (κ1) is 14.0. The first-order valence-corrected chi connectivity index (χ1v) is 5.80. The van der Waals surface area contributed by atoms with E-state index in [1.807, 2.05) is 18.7 Å².